The van der Waals surface area contributed by atoms with E-state index in [2.05, 4.69) is 22.2 Å². The standard InChI is InChI=1S/C21H23ClN4O2/c1-2-3-12-26(14-20(27)24-18-11-7-5-9-16(18)22)13-19-23-17-10-6-4-8-15(17)21(28)25-19/h4-11H,2-3,12-14H2,1H3,(H,24,27)(H,23,25,28). The number of rotatable bonds is 8. The van der Waals surface area contributed by atoms with Gasteiger partial charge in [0, 0.05) is 0 Å². The number of aromatic nitrogens is 2. The Morgan fingerprint density at radius 1 is 1.18 bits per heavy atom. The average molecular weight is 399 g/mol. The third-order valence-corrected chi connectivity index (χ3v) is 4.71. The van der Waals surface area contributed by atoms with E-state index in [-0.39, 0.29) is 18.0 Å². The molecule has 2 N–H and O–H groups in total. The summed E-state index contributed by atoms with van der Waals surface area (Å²) in [5, 5.41) is 3.89. The van der Waals surface area contributed by atoms with Crippen molar-refractivity contribution in [2.45, 2.75) is 26.3 Å². The lowest BCUT2D eigenvalue weighted by molar-refractivity contribution is -0.117. The molecule has 0 fully saturated rings. The van der Waals surface area contributed by atoms with E-state index >= 15 is 0 Å². The summed E-state index contributed by atoms with van der Waals surface area (Å²) in [4.78, 5) is 34.1. The number of halogens is 1. The third kappa shape index (κ3) is 5.18. The minimum atomic E-state index is -0.170. The van der Waals surface area contributed by atoms with E-state index in [1.165, 1.54) is 0 Å². The molecule has 146 valence electrons. The number of fused-ring (bicyclic) bond motifs is 1. The number of para-hydroxylation sites is 2. The molecule has 0 atom stereocenters. The number of H-pyrrole nitrogens is 1. The molecule has 3 rings (SSSR count). The van der Waals surface area contributed by atoms with Crippen LogP contribution in [0.4, 0.5) is 5.69 Å². The number of anilines is 1. The van der Waals surface area contributed by atoms with Gasteiger partial charge in [0.05, 0.1) is 34.7 Å². The van der Waals surface area contributed by atoms with Gasteiger partial charge in [0.25, 0.3) is 5.56 Å². The van der Waals surface area contributed by atoms with E-state index < -0.39 is 0 Å². The second kappa shape index (κ2) is 9.48. The highest BCUT2D eigenvalue weighted by Crippen LogP contribution is 2.20. The highest BCUT2D eigenvalue weighted by molar-refractivity contribution is 6.33. The van der Waals surface area contributed by atoms with Gasteiger partial charge in [-0.05, 0) is 37.2 Å². The Balaban J connectivity index is 1.74. The zero-order valence-corrected chi connectivity index (χ0v) is 16.5. The number of hydrogen-bond acceptors (Lipinski definition) is 4. The molecule has 0 aliphatic carbocycles. The summed E-state index contributed by atoms with van der Waals surface area (Å²) in [7, 11) is 0. The van der Waals surface area contributed by atoms with Crippen LogP contribution in [0, 0.1) is 0 Å². The number of nitrogens with zero attached hydrogens (tertiary/aromatic N) is 2. The van der Waals surface area contributed by atoms with Crippen LogP contribution >= 0.6 is 11.6 Å². The molecule has 0 saturated heterocycles. The van der Waals surface area contributed by atoms with Gasteiger partial charge in [-0.25, -0.2) is 4.98 Å². The lowest BCUT2D eigenvalue weighted by Gasteiger charge is -2.21. The van der Waals surface area contributed by atoms with E-state index in [1.54, 1.807) is 18.2 Å². The molecule has 2 aromatic carbocycles. The van der Waals surface area contributed by atoms with Gasteiger partial charge in [-0.1, -0.05) is 49.2 Å². The molecule has 3 aromatic rings. The van der Waals surface area contributed by atoms with Crippen LogP contribution in [0.25, 0.3) is 10.9 Å². The Morgan fingerprint density at radius 2 is 1.93 bits per heavy atom. The van der Waals surface area contributed by atoms with Gasteiger partial charge in [0.2, 0.25) is 5.91 Å². The number of benzene rings is 2. The maximum atomic E-state index is 12.5. The lowest BCUT2D eigenvalue weighted by Crippen LogP contribution is -2.34. The molecule has 0 aliphatic heterocycles. The predicted molar refractivity (Wildman–Crippen MR) is 113 cm³/mol. The molecule has 7 heteroatoms. The van der Waals surface area contributed by atoms with E-state index in [0.29, 0.717) is 34.0 Å². The molecule has 0 unspecified atom stereocenters. The van der Waals surface area contributed by atoms with Crippen LogP contribution in [0.1, 0.15) is 25.6 Å². The molecule has 1 aromatic heterocycles. The molecule has 0 aliphatic rings. The van der Waals surface area contributed by atoms with Crippen LogP contribution in [-0.2, 0) is 11.3 Å². The van der Waals surface area contributed by atoms with Crippen LogP contribution in [0.3, 0.4) is 0 Å². The van der Waals surface area contributed by atoms with E-state index in [9.17, 15) is 9.59 Å². The molecule has 0 radical (unpaired) electrons. The Hall–Kier alpha value is -2.70. The van der Waals surface area contributed by atoms with Crippen molar-refractivity contribution in [1.29, 1.82) is 0 Å². The van der Waals surface area contributed by atoms with Crippen LogP contribution in [-0.4, -0.2) is 33.9 Å². The van der Waals surface area contributed by atoms with Crippen molar-refractivity contribution in [2.75, 3.05) is 18.4 Å². The predicted octanol–water partition coefficient (Wildman–Crippen LogP) is 3.82. The van der Waals surface area contributed by atoms with Crippen molar-refractivity contribution in [1.82, 2.24) is 14.9 Å². The highest BCUT2D eigenvalue weighted by Gasteiger charge is 2.14. The summed E-state index contributed by atoms with van der Waals surface area (Å²) in [5.41, 5.74) is 1.07. The Bertz CT molecular complexity index is 1020. The second-order valence-corrected chi connectivity index (χ2v) is 7.03. The molecular weight excluding hydrogens is 376 g/mol. The fourth-order valence-electron chi connectivity index (χ4n) is 2.97. The fraction of sp³-hybridized carbons (Fsp3) is 0.286. The summed E-state index contributed by atoms with van der Waals surface area (Å²) in [6.07, 6.45) is 1.95. The van der Waals surface area contributed by atoms with Gasteiger partial charge >= 0.3 is 0 Å². The van der Waals surface area contributed by atoms with Crippen molar-refractivity contribution < 1.29 is 4.79 Å². The first kappa shape index (κ1) is 20.0. The Morgan fingerprint density at radius 3 is 2.71 bits per heavy atom. The van der Waals surface area contributed by atoms with Crippen molar-refractivity contribution in [3.05, 3.63) is 69.7 Å². The number of carbonyl (C=O) groups excluding carboxylic acids is 1. The zero-order chi connectivity index (χ0) is 19.9. The summed E-state index contributed by atoms with van der Waals surface area (Å²) < 4.78 is 0. The van der Waals surface area contributed by atoms with Crippen LogP contribution in [0.5, 0.6) is 0 Å². The van der Waals surface area contributed by atoms with Crippen LogP contribution < -0.4 is 10.9 Å². The first-order chi connectivity index (χ1) is 13.6. The zero-order valence-electron chi connectivity index (χ0n) is 15.7. The van der Waals surface area contributed by atoms with Gasteiger partial charge < -0.3 is 10.3 Å². The van der Waals surface area contributed by atoms with Crippen molar-refractivity contribution in [3.8, 4) is 0 Å². The summed E-state index contributed by atoms with van der Waals surface area (Å²) in [6, 6.07) is 14.4. The maximum absolute atomic E-state index is 12.5. The van der Waals surface area contributed by atoms with Crippen molar-refractivity contribution in [2.24, 2.45) is 0 Å². The molecule has 1 heterocycles. The summed E-state index contributed by atoms with van der Waals surface area (Å²) in [6.45, 7) is 3.39. The number of nitrogens with one attached hydrogen (secondary N) is 2. The van der Waals surface area contributed by atoms with Gasteiger partial charge in [0.1, 0.15) is 5.82 Å². The largest absolute Gasteiger partial charge is 0.324 e. The number of hydrogen-bond donors (Lipinski definition) is 2. The van der Waals surface area contributed by atoms with Crippen LogP contribution in [0.2, 0.25) is 5.02 Å². The van der Waals surface area contributed by atoms with Gasteiger partial charge in [-0.3, -0.25) is 14.5 Å². The van der Waals surface area contributed by atoms with Gasteiger partial charge in [-0.2, -0.15) is 0 Å². The number of aromatic amines is 1. The lowest BCUT2D eigenvalue weighted by atomic mass is 10.2. The minimum absolute atomic E-state index is 0.160. The molecule has 0 spiro atoms. The quantitative estimate of drug-likeness (QED) is 0.604. The smallest absolute Gasteiger partial charge is 0.258 e. The van der Waals surface area contributed by atoms with Crippen LogP contribution in [0.15, 0.2) is 53.3 Å². The SMILES string of the molecule is CCCCN(CC(=O)Nc1ccccc1Cl)Cc1nc2ccccc2c(=O)[nH]1. The molecule has 0 saturated carbocycles. The van der Waals surface area contributed by atoms with Gasteiger partial charge in [0.15, 0.2) is 0 Å². The summed E-state index contributed by atoms with van der Waals surface area (Å²) in [5.74, 6) is 0.387. The monoisotopic (exact) mass is 398 g/mol. The summed E-state index contributed by atoms with van der Waals surface area (Å²) >= 11 is 6.11. The minimum Gasteiger partial charge on any atom is -0.324 e. The van der Waals surface area contributed by atoms with Crippen molar-refractivity contribution >= 4 is 34.1 Å². The number of unbranched alkanes of at least 4 members (excludes halogenated alkanes) is 1. The molecule has 28 heavy (non-hydrogen) atoms. The van der Waals surface area contributed by atoms with Crippen molar-refractivity contribution in [3.63, 3.8) is 0 Å². The normalized spacial score (nSPS) is 11.1. The fourth-order valence-corrected chi connectivity index (χ4v) is 3.16. The average Bonchev–Trinajstić information content (AvgIpc) is 2.68. The first-order valence-electron chi connectivity index (χ1n) is 9.31. The highest BCUT2D eigenvalue weighted by atomic mass is 35.5. The molecule has 6 nitrogen and oxygen atoms in total. The van der Waals surface area contributed by atoms with E-state index in [1.807, 2.05) is 35.2 Å². The first-order valence-corrected chi connectivity index (χ1v) is 9.69. The maximum Gasteiger partial charge on any atom is 0.258 e. The number of amides is 1. The topological polar surface area (TPSA) is 78.1 Å². The molecule has 0 bridgehead atoms. The third-order valence-electron chi connectivity index (χ3n) is 4.38. The number of carbonyl (C=O) groups is 1. The molecule has 1 amide bonds. The Kier molecular flexibility index (Phi) is 6.79. The molecular formula is C21H23ClN4O2. The van der Waals surface area contributed by atoms with Gasteiger partial charge in [-0.15, -0.1) is 0 Å². The Labute approximate surface area is 168 Å². The van der Waals surface area contributed by atoms with E-state index in [4.69, 9.17) is 11.6 Å². The van der Waals surface area contributed by atoms with E-state index in [0.717, 1.165) is 19.4 Å². The second-order valence-electron chi connectivity index (χ2n) is 6.62.